The number of benzene rings is 2. The average Bonchev–Trinajstić information content (AvgIpc) is 2.69. The van der Waals surface area contributed by atoms with E-state index in [2.05, 4.69) is 5.32 Å². The summed E-state index contributed by atoms with van der Waals surface area (Å²) in [6.07, 6.45) is 0.110. The lowest BCUT2D eigenvalue weighted by Crippen LogP contribution is -2.45. The van der Waals surface area contributed by atoms with Crippen LogP contribution >= 0.6 is 11.6 Å². The fraction of sp³-hybridized carbons (Fsp3) is 0.375. The largest absolute Gasteiger partial charge is 0.506 e. The highest BCUT2D eigenvalue weighted by atomic mass is 35.5. The van der Waals surface area contributed by atoms with Crippen LogP contribution in [0.15, 0.2) is 36.4 Å². The van der Waals surface area contributed by atoms with Crippen molar-refractivity contribution >= 4 is 29.4 Å². The lowest BCUT2D eigenvalue weighted by atomic mass is 9.95. The Balaban J connectivity index is 1.92. The summed E-state index contributed by atoms with van der Waals surface area (Å²) in [6.45, 7) is 6.90. The minimum atomic E-state index is -1.02. The number of hydrogen-bond acceptors (Lipinski definition) is 6. The molecule has 7 nitrogen and oxygen atoms in total. The zero-order valence-electron chi connectivity index (χ0n) is 18.4. The lowest BCUT2D eigenvalue weighted by molar-refractivity contribution is -0.157. The van der Waals surface area contributed by atoms with Crippen molar-refractivity contribution in [2.45, 2.75) is 58.3 Å². The second kappa shape index (κ2) is 9.20. The van der Waals surface area contributed by atoms with Crippen molar-refractivity contribution in [3.63, 3.8) is 0 Å². The molecule has 0 spiro atoms. The molecular formula is C24H26ClNO6. The molecule has 170 valence electrons. The smallest absolute Gasteiger partial charge is 0.342 e. The van der Waals surface area contributed by atoms with E-state index in [0.29, 0.717) is 12.0 Å². The number of phenols is 1. The van der Waals surface area contributed by atoms with Gasteiger partial charge in [-0.1, -0.05) is 41.9 Å². The Morgan fingerprint density at radius 1 is 1.28 bits per heavy atom. The highest BCUT2D eigenvalue weighted by Crippen LogP contribution is 2.36. The summed E-state index contributed by atoms with van der Waals surface area (Å²) in [6, 6.07) is 9.42. The molecule has 0 aliphatic carbocycles. The summed E-state index contributed by atoms with van der Waals surface area (Å²) in [5.41, 5.74) is 0.139. The highest BCUT2D eigenvalue weighted by Gasteiger charge is 2.33. The maximum atomic E-state index is 13.1. The van der Waals surface area contributed by atoms with Gasteiger partial charge in [0.25, 0.3) is 5.91 Å². The van der Waals surface area contributed by atoms with Gasteiger partial charge < -0.3 is 19.9 Å². The Labute approximate surface area is 191 Å². The Morgan fingerprint density at radius 2 is 1.94 bits per heavy atom. The standard InChI is InChI=1S/C24H26ClNO6/c1-13-10-15-17(25)12-16(20(27)19(15)23(30)31-13)21(28)26-18(22(29)32-24(2,3)4)11-14-8-6-5-7-9-14/h5-9,12-13,18,27H,10-11H2,1-4H3,(H,26,28)/t13?,18-/m0/s1. The van der Waals surface area contributed by atoms with Crippen LogP contribution in [0.2, 0.25) is 5.02 Å². The molecule has 1 amide bonds. The van der Waals surface area contributed by atoms with E-state index in [9.17, 15) is 19.5 Å². The molecule has 0 fully saturated rings. The normalized spacial score (nSPS) is 16.5. The van der Waals surface area contributed by atoms with E-state index in [-0.39, 0.29) is 22.6 Å². The Kier molecular flexibility index (Phi) is 6.79. The maximum absolute atomic E-state index is 13.1. The number of cyclic esters (lactones) is 1. The van der Waals surface area contributed by atoms with Gasteiger partial charge in [-0.15, -0.1) is 0 Å². The number of carbonyl (C=O) groups excluding carboxylic acids is 3. The first kappa shape index (κ1) is 23.6. The van der Waals surface area contributed by atoms with E-state index in [4.69, 9.17) is 21.1 Å². The first-order chi connectivity index (χ1) is 15.0. The molecule has 1 unspecified atom stereocenters. The van der Waals surface area contributed by atoms with Gasteiger partial charge in [-0.25, -0.2) is 9.59 Å². The van der Waals surface area contributed by atoms with Crippen LogP contribution in [0, 0.1) is 0 Å². The molecule has 3 rings (SSSR count). The van der Waals surface area contributed by atoms with Crippen molar-refractivity contribution in [1.29, 1.82) is 0 Å². The van der Waals surface area contributed by atoms with E-state index in [1.807, 2.05) is 30.3 Å². The molecule has 0 saturated carbocycles. The zero-order chi connectivity index (χ0) is 23.6. The first-order valence-electron chi connectivity index (χ1n) is 10.3. The summed E-state index contributed by atoms with van der Waals surface area (Å²) in [5, 5.41) is 13.5. The third-order valence-electron chi connectivity index (χ3n) is 4.88. The fourth-order valence-electron chi connectivity index (χ4n) is 3.49. The van der Waals surface area contributed by atoms with Crippen LogP contribution in [-0.4, -0.2) is 40.7 Å². The van der Waals surface area contributed by atoms with Gasteiger partial charge >= 0.3 is 11.9 Å². The Hall–Kier alpha value is -3.06. The summed E-state index contributed by atoms with van der Waals surface area (Å²) >= 11 is 6.32. The SMILES string of the molecule is CC1Cc2c(Cl)cc(C(=O)N[C@@H](Cc3ccccc3)C(=O)OC(C)(C)C)c(O)c2C(=O)O1. The second-order valence-electron chi connectivity index (χ2n) is 8.78. The van der Waals surface area contributed by atoms with Crippen molar-refractivity contribution in [1.82, 2.24) is 5.32 Å². The molecule has 1 heterocycles. The molecule has 2 atom stereocenters. The van der Waals surface area contributed by atoms with Crippen LogP contribution < -0.4 is 5.32 Å². The first-order valence-corrected chi connectivity index (χ1v) is 10.7. The number of hydrogen-bond donors (Lipinski definition) is 2. The molecule has 2 aromatic rings. The van der Waals surface area contributed by atoms with Gasteiger partial charge in [0, 0.05) is 17.9 Å². The lowest BCUT2D eigenvalue weighted by Gasteiger charge is -2.26. The molecule has 2 aromatic carbocycles. The van der Waals surface area contributed by atoms with E-state index in [1.54, 1.807) is 27.7 Å². The minimum Gasteiger partial charge on any atom is -0.506 e. The third kappa shape index (κ3) is 5.40. The van der Waals surface area contributed by atoms with E-state index >= 15 is 0 Å². The van der Waals surface area contributed by atoms with Gasteiger partial charge in [-0.3, -0.25) is 4.79 Å². The van der Waals surface area contributed by atoms with Crippen molar-refractivity contribution in [2.24, 2.45) is 0 Å². The van der Waals surface area contributed by atoms with Crippen LogP contribution in [0.3, 0.4) is 0 Å². The quantitative estimate of drug-likeness (QED) is 0.659. The number of amides is 1. The van der Waals surface area contributed by atoms with E-state index < -0.39 is 41.3 Å². The van der Waals surface area contributed by atoms with E-state index in [1.165, 1.54) is 6.07 Å². The molecule has 0 saturated heterocycles. The van der Waals surface area contributed by atoms with Crippen LogP contribution in [0.25, 0.3) is 0 Å². The van der Waals surface area contributed by atoms with Gasteiger partial charge in [-0.2, -0.15) is 0 Å². The van der Waals surface area contributed by atoms with Crippen molar-refractivity contribution in [3.8, 4) is 5.75 Å². The maximum Gasteiger partial charge on any atom is 0.342 e. The predicted octanol–water partition coefficient (Wildman–Crippen LogP) is 3.83. The number of fused-ring (bicyclic) bond motifs is 1. The fourth-order valence-corrected chi connectivity index (χ4v) is 3.78. The van der Waals surface area contributed by atoms with Gasteiger partial charge in [0.1, 0.15) is 29.1 Å². The summed E-state index contributed by atoms with van der Waals surface area (Å²) in [5.74, 6) is -2.65. The highest BCUT2D eigenvalue weighted by molar-refractivity contribution is 6.32. The molecule has 2 N–H and O–H groups in total. The Morgan fingerprint density at radius 3 is 2.56 bits per heavy atom. The van der Waals surface area contributed by atoms with Gasteiger partial charge in [0.2, 0.25) is 0 Å². The number of ether oxygens (including phenoxy) is 2. The number of nitrogens with one attached hydrogen (secondary N) is 1. The summed E-state index contributed by atoms with van der Waals surface area (Å²) in [4.78, 5) is 38.2. The number of halogens is 1. The monoisotopic (exact) mass is 459 g/mol. The van der Waals surface area contributed by atoms with Crippen molar-refractivity contribution < 1.29 is 29.0 Å². The van der Waals surface area contributed by atoms with Gasteiger partial charge in [0.05, 0.1) is 5.56 Å². The van der Waals surface area contributed by atoms with Gasteiger partial charge in [0.15, 0.2) is 0 Å². The number of aromatic hydroxyl groups is 1. The molecule has 0 aromatic heterocycles. The predicted molar refractivity (Wildman–Crippen MR) is 119 cm³/mol. The van der Waals surface area contributed by atoms with Gasteiger partial charge in [-0.05, 0) is 44.9 Å². The molecule has 1 aliphatic heterocycles. The Bertz CT molecular complexity index is 1040. The van der Waals surface area contributed by atoms with Crippen molar-refractivity contribution in [2.75, 3.05) is 0 Å². The average molecular weight is 460 g/mol. The van der Waals surface area contributed by atoms with Crippen LogP contribution in [0.5, 0.6) is 5.75 Å². The summed E-state index contributed by atoms with van der Waals surface area (Å²) in [7, 11) is 0. The number of esters is 2. The number of phenolic OH excluding ortho intramolecular Hbond substituents is 1. The molecular weight excluding hydrogens is 434 g/mol. The van der Waals surface area contributed by atoms with E-state index in [0.717, 1.165) is 5.56 Å². The second-order valence-corrected chi connectivity index (χ2v) is 9.18. The summed E-state index contributed by atoms with van der Waals surface area (Å²) < 4.78 is 10.6. The molecule has 0 bridgehead atoms. The van der Waals surface area contributed by atoms with Crippen molar-refractivity contribution in [3.05, 3.63) is 63.7 Å². The third-order valence-corrected chi connectivity index (χ3v) is 5.22. The topological polar surface area (TPSA) is 102 Å². The van der Waals surface area contributed by atoms with Crippen LogP contribution in [-0.2, 0) is 27.1 Å². The number of rotatable bonds is 5. The molecule has 0 radical (unpaired) electrons. The molecule has 8 heteroatoms. The minimum absolute atomic E-state index is 0.127. The number of carbonyl (C=O) groups is 3. The molecule has 1 aliphatic rings. The zero-order valence-corrected chi connectivity index (χ0v) is 19.2. The molecule has 32 heavy (non-hydrogen) atoms. The van der Waals surface area contributed by atoms with Crippen LogP contribution in [0.4, 0.5) is 0 Å². The van der Waals surface area contributed by atoms with Crippen LogP contribution in [0.1, 0.15) is 59.5 Å².